The molecule has 0 saturated carbocycles. The van der Waals surface area contributed by atoms with Crippen molar-refractivity contribution in [3.63, 3.8) is 0 Å². The van der Waals surface area contributed by atoms with Crippen LogP contribution in [0.5, 0.6) is 0 Å². The van der Waals surface area contributed by atoms with E-state index in [0.717, 1.165) is 36.0 Å². The SMILES string of the molecule is C[C@@H]1C[C@H](C)CN(c2ncc(-c3cnccn3)c(-c3ccco3)n2)C1. The zero-order chi connectivity index (χ0) is 17.2. The van der Waals surface area contributed by atoms with Crippen LogP contribution in [0.25, 0.3) is 22.7 Å². The smallest absolute Gasteiger partial charge is 0.226 e. The summed E-state index contributed by atoms with van der Waals surface area (Å²) < 4.78 is 5.61. The number of piperidine rings is 1. The van der Waals surface area contributed by atoms with Crippen molar-refractivity contribution in [1.82, 2.24) is 19.9 Å². The lowest BCUT2D eigenvalue weighted by Gasteiger charge is -2.35. The minimum Gasteiger partial charge on any atom is -0.463 e. The predicted molar refractivity (Wildman–Crippen MR) is 95.9 cm³/mol. The predicted octanol–water partition coefficient (Wildman–Crippen LogP) is 3.68. The molecule has 0 amide bonds. The lowest BCUT2D eigenvalue weighted by Crippen LogP contribution is -2.39. The van der Waals surface area contributed by atoms with Crippen molar-refractivity contribution in [3.8, 4) is 22.7 Å². The van der Waals surface area contributed by atoms with Crippen LogP contribution in [-0.4, -0.2) is 33.0 Å². The van der Waals surface area contributed by atoms with Crippen molar-refractivity contribution in [1.29, 1.82) is 0 Å². The molecule has 4 heterocycles. The number of nitrogens with zero attached hydrogens (tertiary/aromatic N) is 5. The normalized spacial score (nSPS) is 20.6. The quantitative estimate of drug-likeness (QED) is 0.727. The first-order valence-electron chi connectivity index (χ1n) is 8.63. The van der Waals surface area contributed by atoms with Crippen LogP contribution in [0.4, 0.5) is 5.95 Å². The Hall–Kier alpha value is -2.76. The number of rotatable bonds is 3. The topological polar surface area (TPSA) is 67.9 Å². The molecule has 6 heteroatoms. The molecule has 3 aromatic heterocycles. The third-order valence-electron chi connectivity index (χ3n) is 4.52. The van der Waals surface area contributed by atoms with E-state index in [2.05, 4.69) is 33.7 Å². The van der Waals surface area contributed by atoms with Gasteiger partial charge < -0.3 is 9.32 Å². The largest absolute Gasteiger partial charge is 0.463 e. The Kier molecular flexibility index (Phi) is 4.17. The molecule has 1 aliphatic heterocycles. The highest BCUT2D eigenvalue weighted by Gasteiger charge is 2.25. The molecule has 0 radical (unpaired) electrons. The second-order valence-corrected chi connectivity index (χ2v) is 6.85. The van der Waals surface area contributed by atoms with Crippen LogP contribution in [-0.2, 0) is 0 Å². The lowest BCUT2D eigenvalue weighted by atomic mass is 9.92. The summed E-state index contributed by atoms with van der Waals surface area (Å²) in [5.41, 5.74) is 2.31. The summed E-state index contributed by atoms with van der Waals surface area (Å²) in [6.07, 6.45) is 9.77. The Balaban J connectivity index is 1.78. The van der Waals surface area contributed by atoms with Crippen molar-refractivity contribution in [3.05, 3.63) is 43.2 Å². The summed E-state index contributed by atoms with van der Waals surface area (Å²) in [6.45, 7) is 6.52. The molecule has 0 N–H and O–H groups in total. The second kappa shape index (κ2) is 6.63. The molecular formula is C19H21N5O. The van der Waals surface area contributed by atoms with Crippen molar-refractivity contribution >= 4 is 5.95 Å². The van der Waals surface area contributed by atoms with Crippen LogP contribution in [0.15, 0.2) is 47.6 Å². The van der Waals surface area contributed by atoms with Crippen LogP contribution < -0.4 is 4.90 Å². The minimum atomic E-state index is 0.638. The summed E-state index contributed by atoms with van der Waals surface area (Å²) in [6, 6.07) is 3.77. The standard InChI is InChI=1S/C19H21N5O/c1-13-8-14(2)12-24(11-13)19-22-9-15(16-10-20-5-6-21-16)18(23-19)17-4-3-7-25-17/h3-7,9-10,13-14H,8,11-12H2,1-2H3/t13-,14+. The molecule has 2 atom stereocenters. The summed E-state index contributed by atoms with van der Waals surface area (Å²) in [4.78, 5) is 20.3. The maximum atomic E-state index is 5.61. The van der Waals surface area contributed by atoms with Crippen molar-refractivity contribution in [2.45, 2.75) is 20.3 Å². The Labute approximate surface area is 147 Å². The molecule has 1 aliphatic rings. The highest BCUT2D eigenvalue weighted by molar-refractivity contribution is 5.76. The van der Waals surface area contributed by atoms with E-state index in [1.807, 2.05) is 18.3 Å². The molecule has 4 rings (SSSR count). The fourth-order valence-corrected chi connectivity index (χ4v) is 3.58. The van der Waals surface area contributed by atoms with Crippen molar-refractivity contribution in [2.24, 2.45) is 11.8 Å². The van der Waals surface area contributed by atoms with Crippen LogP contribution in [0.3, 0.4) is 0 Å². The third kappa shape index (κ3) is 3.24. The average molecular weight is 335 g/mol. The van der Waals surface area contributed by atoms with Gasteiger partial charge in [0.15, 0.2) is 5.76 Å². The van der Waals surface area contributed by atoms with Crippen LogP contribution >= 0.6 is 0 Å². The zero-order valence-electron chi connectivity index (χ0n) is 14.5. The van der Waals surface area contributed by atoms with Gasteiger partial charge >= 0.3 is 0 Å². The first kappa shape index (κ1) is 15.7. The fourth-order valence-electron chi connectivity index (χ4n) is 3.58. The molecule has 0 aliphatic carbocycles. The molecule has 0 aromatic carbocycles. The van der Waals surface area contributed by atoms with Gasteiger partial charge in [0, 0.05) is 37.2 Å². The van der Waals surface area contributed by atoms with E-state index in [9.17, 15) is 0 Å². The number of anilines is 1. The molecule has 0 spiro atoms. The van der Waals surface area contributed by atoms with E-state index in [0.29, 0.717) is 17.6 Å². The third-order valence-corrected chi connectivity index (χ3v) is 4.52. The van der Waals surface area contributed by atoms with Crippen LogP contribution in [0.1, 0.15) is 20.3 Å². The molecule has 1 saturated heterocycles. The number of hydrogen-bond acceptors (Lipinski definition) is 6. The van der Waals surface area contributed by atoms with Gasteiger partial charge in [-0.25, -0.2) is 9.97 Å². The molecule has 128 valence electrons. The second-order valence-electron chi connectivity index (χ2n) is 6.85. The Morgan fingerprint density at radius 1 is 1.08 bits per heavy atom. The summed E-state index contributed by atoms with van der Waals surface area (Å²) >= 11 is 0. The fraction of sp³-hybridized carbons (Fsp3) is 0.368. The summed E-state index contributed by atoms with van der Waals surface area (Å²) in [5, 5.41) is 0. The van der Waals surface area contributed by atoms with Gasteiger partial charge in [-0.2, -0.15) is 0 Å². The zero-order valence-corrected chi connectivity index (χ0v) is 14.5. The van der Waals surface area contributed by atoms with E-state index in [1.165, 1.54) is 6.42 Å². The molecule has 0 bridgehead atoms. The van der Waals surface area contributed by atoms with Gasteiger partial charge in [-0.15, -0.1) is 0 Å². The van der Waals surface area contributed by atoms with Crippen LogP contribution in [0, 0.1) is 11.8 Å². The summed E-state index contributed by atoms with van der Waals surface area (Å²) in [5.74, 6) is 2.73. The minimum absolute atomic E-state index is 0.638. The first-order valence-corrected chi connectivity index (χ1v) is 8.63. The lowest BCUT2D eigenvalue weighted by molar-refractivity contribution is 0.353. The van der Waals surface area contributed by atoms with Gasteiger partial charge in [-0.05, 0) is 30.4 Å². The van der Waals surface area contributed by atoms with E-state index in [-0.39, 0.29) is 0 Å². The van der Waals surface area contributed by atoms with Gasteiger partial charge in [-0.1, -0.05) is 13.8 Å². The first-order chi connectivity index (χ1) is 12.2. The Morgan fingerprint density at radius 2 is 1.92 bits per heavy atom. The maximum Gasteiger partial charge on any atom is 0.226 e. The van der Waals surface area contributed by atoms with Crippen molar-refractivity contribution in [2.75, 3.05) is 18.0 Å². The van der Waals surface area contributed by atoms with E-state index < -0.39 is 0 Å². The highest BCUT2D eigenvalue weighted by atomic mass is 16.3. The highest BCUT2D eigenvalue weighted by Crippen LogP contribution is 2.31. The number of aromatic nitrogens is 4. The van der Waals surface area contributed by atoms with E-state index in [1.54, 1.807) is 24.9 Å². The van der Waals surface area contributed by atoms with Crippen LogP contribution in [0.2, 0.25) is 0 Å². The van der Waals surface area contributed by atoms with Gasteiger partial charge in [0.2, 0.25) is 5.95 Å². The molecule has 6 nitrogen and oxygen atoms in total. The Bertz CT molecular complexity index is 824. The number of furan rings is 1. The average Bonchev–Trinajstić information content (AvgIpc) is 3.16. The van der Waals surface area contributed by atoms with E-state index in [4.69, 9.17) is 9.40 Å². The maximum absolute atomic E-state index is 5.61. The van der Waals surface area contributed by atoms with Gasteiger partial charge in [0.05, 0.1) is 18.2 Å². The van der Waals surface area contributed by atoms with Gasteiger partial charge in [0.25, 0.3) is 0 Å². The summed E-state index contributed by atoms with van der Waals surface area (Å²) in [7, 11) is 0. The molecular weight excluding hydrogens is 314 g/mol. The molecule has 0 unspecified atom stereocenters. The van der Waals surface area contributed by atoms with Gasteiger partial charge in [0.1, 0.15) is 5.69 Å². The Morgan fingerprint density at radius 3 is 2.60 bits per heavy atom. The van der Waals surface area contributed by atoms with E-state index >= 15 is 0 Å². The molecule has 3 aromatic rings. The van der Waals surface area contributed by atoms with Crippen molar-refractivity contribution < 1.29 is 4.42 Å². The number of hydrogen-bond donors (Lipinski definition) is 0. The molecule has 1 fully saturated rings. The molecule has 25 heavy (non-hydrogen) atoms. The monoisotopic (exact) mass is 335 g/mol. The van der Waals surface area contributed by atoms with Gasteiger partial charge in [-0.3, -0.25) is 9.97 Å².